The highest BCUT2D eigenvalue weighted by atomic mass is 28.3. The monoisotopic (exact) mass is 173 g/mol. The van der Waals surface area contributed by atoms with Crippen molar-refractivity contribution in [2.24, 2.45) is 5.73 Å². The highest BCUT2D eigenvalue weighted by molar-refractivity contribution is 6.76. The number of rotatable bonds is 5. The van der Waals surface area contributed by atoms with Gasteiger partial charge in [-0.1, -0.05) is 39.4 Å². The van der Waals surface area contributed by atoms with Crippen LogP contribution in [-0.4, -0.2) is 14.1 Å². The van der Waals surface area contributed by atoms with Crippen LogP contribution in [0.15, 0.2) is 0 Å². The Balaban J connectivity index is 3.44. The van der Waals surface area contributed by atoms with Gasteiger partial charge >= 0.3 is 0 Å². The first-order valence-corrected chi connectivity index (χ1v) is 8.42. The molecule has 0 rings (SSSR count). The predicted octanol–water partition coefficient (Wildman–Crippen LogP) is 2.84. The van der Waals surface area contributed by atoms with Gasteiger partial charge in [-0.25, -0.2) is 0 Å². The highest BCUT2D eigenvalue weighted by Gasteiger charge is 2.16. The Morgan fingerprint density at radius 2 is 1.82 bits per heavy atom. The molecule has 1 atom stereocenters. The van der Waals surface area contributed by atoms with Crippen LogP contribution in [0.25, 0.3) is 0 Å². The zero-order chi connectivity index (χ0) is 8.91. The Kier molecular flexibility index (Phi) is 5.02. The van der Waals surface area contributed by atoms with Crippen LogP contribution in [0.2, 0.25) is 25.7 Å². The molecule has 0 heterocycles. The molecule has 0 aliphatic carbocycles. The molecule has 0 bridgehead atoms. The summed E-state index contributed by atoms with van der Waals surface area (Å²) in [6.07, 6.45) is 3.80. The summed E-state index contributed by atoms with van der Waals surface area (Å²) in [6.45, 7) is 9.39. The molecule has 0 aromatic heterocycles. The fraction of sp³-hybridized carbons (Fsp3) is 1.00. The maximum absolute atomic E-state index is 5.98. The first kappa shape index (κ1) is 11.2. The normalized spacial score (nSPS) is 15.0. The molecule has 0 saturated heterocycles. The summed E-state index contributed by atoms with van der Waals surface area (Å²) in [7, 11) is -0.895. The van der Waals surface area contributed by atoms with Crippen LogP contribution in [0.3, 0.4) is 0 Å². The van der Waals surface area contributed by atoms with Gasteiger partial charge in [-0.2, -0.15) is 0 Å². The SMILES string of the molecule is CCCCC(N)C[Si](C)(C)C. The van der Waals surface area contributed by atoms with Gasteiger partial charge in [0.2, 0.25) is 0 Å². The average Bonchev–Trinajstić information content (AvgIpc) is 1.79. The third kappa shape index (κ3) is 8.08. The third-order valence-corrected chi connectivity index (χ3v) is 3.55. The molecule has 0 saturated carbocycles. The van der Waals surface area contributed by atoms with Gasteiger partial charge in [-0.05, 0) is 12.5 Å². The molecular formula is C9H23NSi. The molecule has 0 aromatic rings. The van der Waals surface area contributed by atoms with E-state index in [0.717, 1.165) is 0 Å². The van der Waals surface area contributed by atoms with E-state index in [2.05, 4.69) is 26.6 Å². The first-order valence-electron chi connectivity index (χ1n) is 4.71. The van der Waals surface area contributed by atoms with Crippen molar-refractivity contribution in [3.05, 3.63) is 0 Å². The molecule has 1 unspecified atom stereocenters. The lowest BCUT2D eigenvalue weighted by Gasteiger charge is -2.20. The molecule has 0 fully saturated rings. The second kappa shape index (κ2) is 4.94. The summed E-state index contributed by atoms with van der Waals surface area (Å²) in [5.74, 6) is 0. The third-order valence-electron chi connectivity index (χ3n) is 1.80. The maximum Gasteiger partial charge on any atom is 0.0457 e. The van der Waals surface area contributed by atoms with Crippen molar-refractivity contribution in [3.63, 3.8) is 0 Å². The number of hydrogen-bond donors (Lipinski definition) is 1. The van der Waals surface area contributed by atoms with Gasteiger partial charge in [-0.15, -0.1) is 0 Å². The van der Waals surface area contributed by atoms with Gasteiger partial charge in [0.15, 0.2) is 0 Å². The van der Waals surface area contributed by atoms with Crippen molar-refractivity contribution in [1.82, 2.24) is 0 Å². The largest absolute Gasteiger partial charge is 0.328 e. The van der Waals surface area contributed by atoms with Crippen LogP contribution in [0.1, 0.15) is 26.2 Å². The molecule has 1 nitrogen and oxygen atoms in total. The van der Waals surface area contributed by atoms with Crippen LogP contribution in [0.4, 0.5) is 0 Å². The summed E-state index contributed by atoms with van der Waals surface area (Å²) in [5, 5.41) is 0. The summed E-state index contributed by atoms with van der Waals surface area (Å²) in [6, 6.07) is 1.76. The van der Waals surface area contributed by atoms with Crippen molar-refractivity contribution in [3.8, 4) is 0 Å². The number of nitrogens with two attached hydrogens (primary N) is 1. The van der Waals surface area contributed by atoms with Gasteiger partial charge in [0, 0.05) is 14.1 Å². The fourth-order valence-electron chi connectivity index (χ4n) is 1.35. The minimum Gasteiger partial charge on any atom is -0.328 e. The average molecular weight is 173 g/mol. The second-order valence-corrected chi connectivity index (χ2v) is 10.2. The van der Waals surface area contributed by atoms with E-state index in [1.54, 1.807) is 0 Å². The molecule has 0 spiro atoms. The van der Waals surface area contributed by atoms with Gasteiger partial charge in [0.25, 0.3) is 0 Å². The lowest BCUT2D eigenvalue weighted by molar-refractivity contribution is 0.610. The minimum atomic E-state index is -0.895. The summed E-state index contributed by atoms with van der Waals surface area (Å²) >= 11 is 0. The zero-order valence-electron chi connectivity index (χ0n) is 8.48. The van der Waals surface area contributed by atoms with Gasteiger partial charge in [-0.3, -0.25) is 0 Å². The molecule has 0 aliphatic heterocycles. The van der Waals surface area contributed by atoms with Gasteiger partial charge < -0.3 is 5.73 Å². The van der Waals surface area contributed by atoms with Crippen molar-refractivity contribution in [2.75, 3.05) is 0 Å². The number of unbranched alkanes of at least 4 members (excludes halogenated alkanes) is 1. The van der Waals surface area contributed by atoms with E-state index >= 15 is 0 Å². The van der Waals surface area contributed by atoms with E-state index in [1.807, 2.05) is 0 Å². The molecule has 0 aromatic carbocycles. The molecule has 0 amide bonds. The smallest absolute Gasteiger partial charge is 0.0457 e. The molecule has 68 valence electrons. The molecule has 0 radical (unpaired) electrons. The van der Waals surface area contributed by atoms with Crippen molar-refractivity contribution in [1.29, 1.82) is 0 Å². The minimum absolute atomic E-state index is 0.474. The summed E-state index contributed by atoms with van der Waals surface area (Å²) in [5.41, 5.74) is 5.98. The fourth-order valence-corrected chi connectivity index (χ4v) is 3.13. The lowest BCUT2D eigenvalue weighted by Crippen LogP contribution is -2.32. The molecule has 2 N–H and O–H groups in total. The number of hydrogen-bond acceptors (Lipinski definition) is 1. The zero-order valence-corrected chi connectivity index (χ0v) is 9.48. The van der Waals surface area contributed by atoms with Crippen LogP contribution >= 0.6 is 0 Å². The summed E-state index contributed by atoms with van der Waals surface area (Å²) < 4.78 is 0. The van der Waals surface area contributed by atoms with Crippen LogP contribution < -0.4 is 5.73 Å². The van der Waals surface area contributed by atoms with Gasteiger partial charge in [0.1, 0.15) is 0 Å². The molecule has 0 aliphatic rings. The van der Waals surface area contributed by atoms with E-state index in [9.17, 15) is 0 Å². The van der Waals surface area contributed by atoms with Crippen LogP contribution in [0.5, 0.6) is 0 Å². The summed E-state index contributed by atoms with van der Waals surface area (Å²) in [4.78, 5) is 0. The first-order chi connectivity index (χ1) is 4.95. The van der Waals surface area contributed by atoms with E-state index in [1.165, 1.54) is 25.3 Å². The van der Waals surface area contributed by atoms with Crippen molar-refractivity contribution in [2.45, 2.75) is 57.9 Å². The quantitative estimate of drug-likeness (QED) is 0.636. The second-order valence-electron chi connectivity index (χ2n) is 4.67. The van der Waals surface area contributed by atoms with E-state index < -0.39 is 8.07 Å². The predicted molar refractivity (Wildman–Crippen MR) is 55.7 cm³/mol. The Hall–Kier alpha value is 0.177. The van der Waals surface area contributed by atoms with E-state index in [-0.39, 0.29) is 0 Å². The molecule has 2 heteroatoms. The molecular weight excluding hydrogens is 150 g/mol. The molecule has 11 heavy (non-hydrogen) atoms. The van der Waals surface area contributed by atoms with Crippen LogP contribution in [0, 0.1) is 0 Å². The van der Waals surface area contributed by atoms with Crippen LogP contribution in [-0.2, 0) is 0 Å². The van der Waals surface area contributed by atoms with Crippen molar-refractivity contribution < 1.29 is 0 Å². The Morgan fingerprint density at radius 3 is 2.18 bits per heavy atom. The maximum atomic E-state index is 5.98. The highest BCUT2D eigenvalue weighted by Crippen LogP contribution is 2.13. The standard InChI is InChI=1S/C9H23NSi/c1-5-6-7-9(10)8-11(2,3)4/h9H,5-8,10H2,1-4H3. The topological polar surface area (TPSA) is 26.0 Å². The Labute approximate surface area is 72.4 Å². The van der Waals surface area contributed by atoms with E-state index in [0.29, 0.717) is 6.04 Å². The van der Waals surface area contributed by atoms with E-state index in [4.69, 9.17) is 5.73 Å². The van der Waals surface area contributed by atoms with Crippen molar-refractivity contribution >= 4 is 8.07 Å². The Bertz CT molecular complexity index is 96.2. The lowest BCUT2D eigenvalue weighted by atomic mass is 10.2. The van der Waals surface area contributed by atoms with Gasteiger partial charge in [0.05, 0.1) is 0 Å². The Morgan fingerprint density at radius 1 is 1.27 bits per heavy atom.